The van der Waals surface area contributed by atoms with Crippen molar-refractivity contribution in [3.63, 3.8) is 0 Å². The summed E-state index contributed by atoms with van der Waals surface area (Å²) in [5.41, 5.74) is 3.83. The molecular weight excluding hydrogens is 266 g/mol. The molecule has 0 fully saturated rings. The molecular formula is C15H21N5O. The summed E-state index contributed by atoms with van der Waals surface area (Å²) in [5, 5.41) is 3.33. The fraction of sp³-hybridized carbons (Fsp3) is 0.333. The minimum atomic E-state index is 0.250. The molecule has 0 spiro atoms. The molecule has 0 saturated heterocycles. The monoisotopic (exact) mass is 287 g/mol. The van der Waals surface area contributed by atoms with E-state index in [0.29, 0.717) is 17.4 Å². The predicted octanol–water partition coefficient (Wildman–Crippen LogP) is 2.20. The lowest BCUT2D eigenvalue weighted by Gasteiger charge is -2.17. The van der Waals surface area contributed by atoms with Crippen molar-refractivity contribution in [2.75, 3.05) is 17.9 Å². The summed E-state index contributed by atoms with van der Waals surface area (Å²) in [6.07, 6.45) is 3.44. The molecule has 2 aromatic rings. The van der Waals surface area contributed by atoms with Gasteiger partial charge in [-0.05, 0) is 25.3 Å². The summed E-state index contributed by atoms with van der Waals surface area (Å²) in [4.78, 5) is 8.23. The Morgan fingerprint density at radius 3 is 2.57 bits per heavy atom. The predicted molar refractivity (Wildman–Crippen MR) is 84.2 cm³/mol. The Bertz CT molecular complexity index is 561. The van der Waals surface area contributed by atoms with Gasteiger partial charge in [-0.1, -0.05) is 30.3 Å². The first kappa shape index (κ1) is 15.1. The summed E-state index contributed by atoms with van der Waals surface area (Å²) < 4.78 is 5.30. The number of benzene rings is 1. The van der Waals surface area contributed by atoms with E-state index in [4.69, 9.17) is 10.6 Å². The number of hydrazine groups is 1. The highest BCUT2D eigenvalue weighted by Gasteiger charge is 2.13. The third-order valence-electron chi connectivity index (χ3n) is 3.24. The molecule has 2 rings (SSSR count). The van der Waals surface area contributed by atoms with Gasteiger partial charge in [0.15, 0.2) is 11.6 Å². The van der Waals surface area contributed by atoms with Gasteiger partial charge in [-0.3, -0.25) is 0 Å². The highest BCUT2D eigenvalue weighted by Crippen LogP contribution is 2.28. The van der Waals surface area contributed by atoms with Crippen LogP contribution in [0.1, 0.15) is 18.9 Å². The Morgan fingerprint density at radius 2 is 1.90 bits per heavy atom. The molecule has 0 aliphatic heterocycles. The molecule has 21 heavy (non-hydrogen) atoms. The minimum absolute atomic E-state index is 0.250. The van der Waals surface area contributed by atoms with Gasteiger partial charge in [-0.15, -0.1) is 0 Å². The molecule has 1 aromatic carbocycles. The molecule has 6 nitrogen and oxygen atoms in total. The smallest absolute Gasteiger partial charge is 0.205 e. The Kier molecular flexibility index (Phi) is 5.34. The Balaban J connectivity index is 1.98. The molecule has 0 aliphatic carbocycles. The molecule has 0 amide bonds. The number of aromatic nitrogens is 2. The highest BCUT2D eigenvalue weighted by atomic mass is 16.5. The van der Waals surface area contributed by atoms with Crippen LogP contribution in [-0.2, 0) is 6.42 Å². The van der Waals surface area contributed by atoms with Crippen molar-refractivity contribution in [1.29, 1.82) is 0 Å². The molecule has 4 N–H and O–H groups in total. The molecule has 1 atom stereocenters. The number of aryl methyl sites for hydroxylation is 1. The van der Waals surface area contributed by atoms with E-state index < -0.39 is 0 Å². The van der Waals surface area contributed by atoms with E-state index >= 15 is 0 Å². The highest BCUT2D eigenvalue weighted by molar-refractivity contribution is 5.63. The van der Waals surface area contributed by atoms with Crippen LogP contribution in [0.2, 0.25) is 0 Å². The topological polar surface area (TPSA) is 85.1 Å². The van der Waals surface area contributed by atoms with Crippen LogP contribution in [0.5, 0.6) is 5.75 Å². The van der Waals surface area contributed by atoms with Gasteiger partial charge < -0.3 is 15.5 Å². The summed E-state index contributed by atoms with van der Waals surface area (Å²) in [6, 6.07) is 10.7. The first-order valence-electron chi connectivity index (χ1n) is 6.90. The number of nitrogens with one attached hydrogen (secondary N) is 2. The maximum Gasteiger partial charge on any atom is 0.205 e. The van der Waals surface area contributed by atoms with Gasteiger partial charge in [0.05, 0.1) is 7.11 Å². The Labute approximate surface area is 124 Å². The van der Waals surface area contributed by atoms with Crippen LogP contribution in [0.15, 0.2) is 36.7 Å². The Hall–Kier alpha value is -2.34. The van der Waals surface area contributed by atoms with E-state index in [9.17, 15) is 0 Å². The lowest BCUT2D eigenvalue weighted by Crippen LogP contribution is -2.19. The van der Waals surface area contributed by atoms with Crippen LogP contribution in [0.4, 0.5) is 11.6 Å². The van der Waals surface area contributed by atoms with Gasteiger partial charge in [0.2, 0.25) is 5.75 Å². The summed E-state index contributed by atoms with van der Waals surface area (Å²) in [7, 11) is 1.57. The summed E-state index contributed by atoms with van der Waals surface area (Å²) in [5.74, 6) is 7.04. The van der Waals surface area contributed by atoms with Gasteiger partial charge in [0.1, 0.15) is 6.33 Å². The number of rotatable bonds is 7. The fourth-order valence-electron chi connectivity index (χ4n) is 2.11. The number of hydrogen-bond donors (Lipinski definition) is 3. The van der Waals surface area contributed by atoms with Gasteiger partial charge in [0, 0.05) is 6.04 Å². The second kappa shape index (κ2) is 7.44. The molecule has 1 aromatic heterocycles. The first-order chi connectivity index (χ1) is 10.2. The van der Waals surface area contributed by atoms with E-state index in [1.165, 1.54) is 11.9 Å². The average molecular weight is 287 g/mol. The van der Waals surface area contributed by atoms with Gasteiger partial charge >= 0.3 is 0 Å². The summed E-state index contributed by atoms with van der Waals surface area (Å²) in [6.45, 7) is 2.11. The van der Waals surface area contributed by atoms with Gasteiger partial charge in [-0.25, -0.2) is 15.8 Å². The van der Waals surface area contributed by atoms with Crippen molar-refractivity contribution in [2.45, 2.75) is 25.8 Å². The van der Waals surface area contributed by atoms with Crippen LogP contribution < -0.4 is 21.3 Å². The SMILES string of the molecule is COc1c(NN)ncnc1NC(C)CCc1ccccc1. The quantitative estimate of drug-likeness (QED) is 0.535. The lowest BCUT2D eigenvalue weighted by molar-refractivity contribution is 0.414. The zero-order valence-electron chi connectivity index (χ0n) is 12.3. The number of hydrogen-bond acceptors (Lipinski definition) is 6. The molecule has 0 saturated carbocycles. The van der Waals surface area contributed by atoms with Crippen LogP contribution in [-0.4, -0.2) is 23.1 Å². The number of nitrogen functional groups attached to an aromatic ring is 1. The molecule has 112 valence electrons. The zero-order chi connectivity index (χ0) is 15.1. The molecule has 1 unspecified atom stereocenters. The van der Waals surface area contributed by atoms with Crippen LogP contribution in [0.25, 0.3) is 0 Å². The minimum Gasteiger partial charge on any atom is -0.490 e. The average Bonchev–Trinajstić information content (AvgIpc) is 2.53. The lowest BCUT2D eigenvalue weighted by atomic mass is 10.1. The normalized spacial score (nSPS) is 11.8. The van der Waals surface area contributed by atoms with Gasteiger partial charge in [0.25, 0.3) is 0 Å². The first-order valence-corrected chi connectivity index (χ1v) is 6.90. The number of nitrogens with two attached hydrogens (primary N) is 1. The standard InChI is InChI=1S/C15H21N5O/c1-11(8-9-12-6-4-3-5-7-12)19-14-13(21-2)15(20-16)18-10-17-14/h3-7,10-11H,8-9,16H2,1-2H3,(H2,17,18,19,20). The molecule has 1 heterocycles. The van der Waals surface area contributed by atoms with Gasteiger partial charge in [-0.2, -0.15) is 0 Å². The third-order valence-corrected chi connectivity index (χ3v) is 3.24. The Morgan fingerprint density at radius 1 is 1.19 bits per heavy atom. The zero-order valence-corrected chi connectivity index (χ0v) is 12.3. The van der Waals surface area contributed by atoms with E-state index in [2.05, 4.69) is 51.9 Å². The summed E-state index contributed by atoms with van der Waals surface area (Å²) >= 11 is 0. The largest absolute Gasteiger partial charge is 0.490 e. The number of ether oxygens (including phenoxy) is 1. The van der Waals surface area contributed by atoms with E-state index in [1.807, 2.05) is 6.07 Å². The molecule has 0 aliphatic rings. The fourth-order valence-corrected chi connectivity index (χ4v) is 2.11. The van der Waals surface area contributed by atoms with Crippen LogP contribution in [0.3, 0.4) is 0 Å². The third kappa shape index (κ3) is 4.06. The van der Waals surface area contributed by atoms with Crippen molar-refractivity contribution < 1.29 is 4.74 Å². The molecule has 0 bridgehead atoms. The van der Waals surface area contributed by atoms with Crippen molar-refractivity contribution in [3.8, 4) is 5.75 Å². The van der Waals surface area contributed by atoms with E-state index in [0.717, 1.165) is 12.8 Å². The molecule has 0 radical (unpaired) electrons. The maximum atomic E-state index is 5.41. The van der Waals surface area contributed by atoms with Crippen LogP contribution >= 0.6 is 0 Å². The van der Waals surface area contributed by atoms with Crippen molar-refractivity contribution in [1.82, 2.24) is 9.97 Å². The number of anilines is 2. The van der Waals surface area contributed by atoms with Crippen LogP contribution in [0, 0.1) is 0 Å². The van der Waals surface area contributed by atoms with Crippen molar-refractivity contribution in [2.24, 2.45) is 5.84 Å². The van der Waals surface area contributed by atoms with Crippen molar-refractivity contribution in [3.05, 3.63) is 42.2 Å². The second-order valence-corrected chi connectivity index (χ2v) is 4.82. The molecule has 6 heteroatoms. The number of methoxy groups -OCH3 is 1. The van der Waals surface area contributed by atoms with E-state index in [1.54, 1.807) is 7.11 Å². The number of nitrogens with zero attached hydrogens (tertiary/aromatic N) is 2. The van der Waals surface area contributed by atoms with E-state index in [-0.39, 0.29) is 6.04 Å². The van der Waals surface area contributed by atoms with Crippen molar-refractivity contribution >= 4 is 11.6 Å². The second-order valence-electron chi connectivity index (χ2n) is 4.82. The maximum absolute atomic E-state index is 5.41.